The molecule has 0 fully saturated rings. The first-order chi connectivity index (χ1) is 10.2. The summed E-state index contributed by atoms with van der Waals surface area (Å²) < 4.78 is 31.8. The largest absolute Gasteiger partial charge is 0.469 e. The van der Waals surface area contributed by atoms with Gasteiger partial charge in [-0.05, 0) is 37.6 Å². The molecule has 1 aromatic heterocycles. The fourth-order valence-corrected chi connectivity index (χ4v) is 3.08. The Kier molecular flexibility index (Phi) is 4.27. The number of sulfonamides is 1. The number of rotatable bonds is 4. The number of benzene rings is 1. The van der Waals surface area contributed by atoms with Crippen LogP contribution in [0.1, 0.15) is 21.7 Å². The molecule has 1 amide bonds. The number of nitrogens with one attached hydrogen (secondary N) is 1. The van der Waals surface area contributed by atoms with Crippen LogP contribution in [0.15, 0.2) is 39.8 Å². The Labute approximate surface area is 129 Å². The lowest BCUT2D eigenvalue weighted by atomic mass is 10.2. The molecule has 7 heteroatoms. The van der Waals surface area contributed by atoms with Crippen LogP contribution in [-0.4, -0.2) is 28.4 Å². The average molecular weight is 322 g/mol. The molecule has 0 atom stereocenters. The summed E-state index contributed by atoms with van der Waals surface area (Å²) >= 11 is 0. The molecule has 0 bridgehead atoms. The van der Waals surface area contributed by atoms with Crippen LogP contribution in [0, 0.1) is 13.8 Å². The molecule has 0 aliphatic rings. The molecule has 1 N–H and O–H groups in total. The zero-order chi connectivity index (χ0) is 16.5. The van der Waals surface area contributed by atoms with E-state index in [1.165, 1.54) is 24.5 Å². The molecule has 0 saturated heterocycles. The van der Waals surface area contributed by atoms with Gasteiger partial charge in [-0.25, -0.2) is 13.1 Å². The molecular formula is C15H18N2O4S. The standard InChI is InChI=1S/C15H18N2O4S/c1-10-5-6-12(9-14(10)17(3)4)22(19,20)16-15(18)13-7-8-21-11(13)2/h5-9H,1-4H3,(H,16,18). The normalized spacial score (nSPS) is 11.3. The molecule has 1 heterocycles. The minimum atomic E-state index is -3.94. The summed E-state index contributed by atoms with van der Waals surface area (Å²) in [5.41, 5.74) is 1.92. The van der Waals surface area contributed by atoms with Crippen molar-refractivity contribution >= 4 is 21.6 Å². The lowest BCUT2D eigenvalue weighted by Gasteiger charge is -2.17. The summed E-state index contributed by atoms with van der Waals surface area (Å²) in [6.07, 6.45) is 1.34. The first-order valence-electron chi connectivity index (χ1n) is 6.61. The van der Waals surface area contributed by atoms with Gasteiger partial charge in [0.15, 0.2) is 0 Å². The molecular weight excluding hydrogens is 304 g/mol. The highest BCUT2D eigenvalue weighted by Gasteiger charge is 2.21. The zero-order valence-electron chi connectivity index (χ0n) is 12.9. The SMILES string of the molecule is Cc1ccc(S(=O)(=O)NC(=O)c2ccoc2C)cc1N(C)C. The Morgan fingerprint density at radius 1 is 1.18 bits per heavy atom. The molecule has 6 nitrogen and oxygen atoms in total. The van der Waals surface area contributed by atoms with E-state index in [1.807, 2.05) is 25.9 Å². The number of furan rings is 1. The maximum Gasteiger partial charge on any atom is 0.268 e. The first kappa shape index (κ1) is 16.1. The predicted octanol–water partition coefficient (Wildman–Crippen LogP) is 2.08. The Bertz CT molecular complexity index is 807. The average Bonchev–Trinajstić information content (AvgIpc) is 2.84. The van der Waals surface area contributed by atoms with Gasteiger partial charge in [-0.15, -0.1) is 0 Å². The quantitative estimate of drug-likeness (QED) is 0.932. The third kappa shape index (κ3) is 3.14. The molecule has 0 spiro atoms. The molecule has 0 radical (unpaired) electrons. The van der Waals surface area contributed by atoms with Crippen LogP contribution in [0.5, 0.6) is 0 Å². The Morgan fingerprint density at radius 3 is 2.41 bits per heavy atom. The second-order valence-electron chi connectivity index (χ2n) is 5.17. The lowest BCUT2D eigenvalue weighted by Crippen LogP contribution is -2.30. The molecule has 22 heavy (non-hydrogen) atoms. The van der Waals surface area contributed by atoms with Crippen LogP contribution in [0.25, 0.3) is 0 Å². The van der Waals surface area contributed by atoms with Gasteiger partial charge in [-0.1, -0.05) is 6.07 Å². The van der Waals surface area contributed by atoms with Crippen molar-refractivity contribution in [2.24, 2.45) is 0 Å². The number of carbonyl (C=O) groups excluding carboxylic acids is 1. The summed E-state index contributed by atoms with van der Waals surface area (Å²) in [5.74, 6) is -0.344. The number of carbonyl (C=O) groups is 1. The molecule has 0 aliphatic carbocycles. The van der Waals surface area contributed by atoms with Gasteiger partial charge < -0.3 is 9.32 Å². The van der Waals surface area contributed by atoms with E-state index < -0.39 is 15.9 Å². The van der Waals surface area contributed by atoms with E-state index in [1.54, 1.807) is 13.0 Å². The summed E-state index contributed by atoms with van der Waals surface area (Å²) in [5, 5.41) is 0. The van der Waals surface area contributed by atoms with Gasteiger partial charge in [0.2, 0.25) is 0 Å². The third-order valence-electron chi connectivity index (χ3n) is 3.30. The summed E-state index contributed by atoms with van der Waals surface area (Å²) in [7, 11) is -0.292. The van der Waals surface area contributed by atoms with E-state index >= 15 is 0 Å². The van der Waals surface area contributed by atoms with Gasteiger partial charge in [0.25, 0.3) is 15.9 Å². The number of nitrogens with zero attached hydrogens (tertiary/aromatic N) is 1. The highest BCUT2D eigenvalue weighted by atomic mass is 32.2. The smallest absolute Gasteiger partial charge is 0.268 e. The highest BCUT2D eigenvalue weighted by molar-refractivity contribution is 7.90. The lowest BCUT2D eigenvalue weighted by molar-refractivity contribution is 0.0980. The van der Waals surface area contributed by atoms with Crippen molar-refractivity contribution in [2.75, 3.05) is 19.0 Å². The van der Waals surface area contributed by atoms with Crippen LogP contribution >= 0.6 is 0 Å². The predicted molar refractivity (Wildman–Crippen MR) is 83.6 cm³/mol. The molecule has 2 rings (SSSR count). The van der Waals surface area contributed by atoms with Crippen LogP contribution in [0.4, 0.5) is 5.69 Å². The van der Waals surface area contributed by atoms with Gasteiger partial charge in [0.1, 0.15) is 5.76 Å². The van der Waals surface area contributed by atoms with Crippen molar-refractivity contribution in [1.29, 1.82) is 0 Å². The maximum absolute atomic E-state index is 12.4. The van der Waals surface area contributed by atoms with Gasteiger partial charge in [0, 0.05) is 19.8 Å². The molecule has 0 saturated carbocycles. The van der Waals surface area contributed by atoms with Crippen molar-refractivity contribution < 1.29 is 17.6 Å². The zero-order valence-corrected chi connectivity index (χ0v) is 13.7. The van der Waals surface area contributed by atoms with Gasteiger partial charge in [0.05, 0.1) is 16.7 Å². The minimum Gasteiger partial charge on any atom is -0.469 e. The second kappa shape index (κ2) is 5.84. The molecule has 1 aromatic carbocycles. The maximum atomic E-state index is 12.4. The van der Waals surface area contributed by atoms with Gasteiger partial charge in [-0.3, -0.25) is 4.79 Å². The van der Waals surface area contributed by atoms with Gasteiger partial charge in [-0.2, -0.15) is 0 Å². The number of anilines is 1. The number of hydrogen-bond donors (Lipinski definition) is 1. The van der Waals surface area contributed by atoms with Crippen molar-refractivity contribution in [3.8, 4) is 0 Å². The minimum absolute atomic E-state index is 0.0382. The topological polar surface area (TPSA) is 79.6 Å². The van der Waals surface area contributed by atoms with E-state index in [0.717, 1.165) is 11.3 Å². The van der Waals surface area contributed by atoms with Gasteiger partial charge >= 0.3 is 0 Å². The van der Waals surface area contributed by atoms with Crippen molar-refractivity contribution in [3.63, 3.8) is 0 Å². The van der Waals surface area contributed by atoms with E-state index in [9.17, 15) is 13.2 Å². The van der Waals surface area contributed by atoms with E-state index in [4.69, 9.17) is 4.42 Å². The Hall–Kier alpha value is -2.28. The summed E-state index contributed by atoms with van der Waals surface area (Å²) in [6, 6.07) is 6.14. The van der Waals surface area contributed by atoms with E-state index in [-0.39, 0.29) is 10.5 Å². The molecule has 0 aliphatic heterocycles. The second-order valence-corrected chi connectivity index (χ2v) is 6.85. The fourth-order valence-electron chi connectivity index (χ4n) is 2.09. The van der Waals surface area contributed by atoms with Crippen LogP contribution < -0.4 is 9.62 Å². The molecule has 2 aromatic rings. The number of amides is 1. The van der Waals surface area contributed by atoms with Crippen molar-refractivity contribution in [1.82, 2.24) is 4.72 Å². The Morgan fingerprint density at radius 2 is 1.86 bits per heavy atom. The van der Waals surface area contributed by atoms with Crippen LogP contribution in [-0.2, 0) is 10.0 Å². The molecule has 0 unspecified atom stereocenters. The van der Waals surface area contributed by atoms with E-state index in [0.29, 0.717) is 5.76 Å². The monoisotopic (exact) mass is 322 g/mol. The highest BCUT2D eigenvalue weighted by Crippen LogP contribution is 2.22. The summed E-state index contributed by atoms with van der Waals surface area (Å²) in [4.78, 5) is 13.9. The van der Waals surface area contributed by atoms with Crippen molar-refractivity contribution in [2.45, 2.75) is 18.7 Å². The fraction of sp³-hybridized carbons (Fsp3) is 0.267. The number of hydrogen-bond acceptors (Lipinski definition) is 5. The first-order valence-corrected chi connectivity index (χ1v) is 8.10. The molecule has 118 valence electrons. The number of aryl methyl sites for hydroxylation is 2. The Balaban J connectivity index is 2.33. The van der Waals surface area contributed by atoms with Crippen molar-refractivity contribution in [3.05, 3.63) is 47.4 Å². The summed E-state index contributed by atoms with van der Waals surface area (Å²) in [6.45, 7) is 3.48. The van der Waals surface area contributed by atoms with Crippen LogP contribution in [0.3, 0.4) is 0 Å². The van der Waals surface area contributed by atoms with E-state index in [2.05, 4.69) is 4.72 Å². The third-order valence-corrected chi connectivity index (χ3v) is 4.63. The van der Waals surface area contributed by atoms with Crippen LogP contribution in [0.2, 0.25) is 0 Å².